The minimum Gasteiger partial charge on any atom is -0.303 e. The van der Waals surface area contributed by atoms with E-state index in [4.69, 9.17) is 0 Å². The van der Waals surface area contributed by atoms with Crippen LogP contribution in [0.5, 0.6) is 0 Å². The summed E-state index contributed by atoms with van der Waals surface area (Å²) in [5.74, 6) is 0. The molecule has 1 rings (SSSR count). The smallest absolute Gasteiger partial charge is 0.303 e. The topological polar surface area (TPSA) is 38.9 Å². The van der Waals surface area contributed by atoms with Gasteiger partial charge in [-0.1, -0.05) is 5.16 Å². The van der Waals surface area contributed by atoms with Gasteiger partial charge in [-0.25, -0.2) is 0 Å². The highest BCUT2D eigenvalue weighted by molar-refractivity contribution is 4.39. The van der Waals surface area contributed by atoms with Crippen molar-refractivity contribution >= 4 is 0 Å². The van der Waals surface area contributed by atoms with Gasteiger partial charge in [0, 0.05) is 0 Å². The molecule has 0 unspecified atom stereocenters. The van der Waals surface area contributed by atoms with E-state index in [1.54, 1.807) is 0 Å². The standard InChI is InChI=1S/C2FN2O/c3-2-4-1-5-6-2. The second-order valence-corrected chi connectivity index (χ2v) is 0.647. The van der Waals surface area contributed by atoms with E-state index in [-0.39, 0.29) is 0 Å². The number of nitrogens with zero attached hydrogens (tertiary/aromatic N) is 2. The van der Waals surface area contributed by atoms with E-state index in [9.17, 15) is 4.39 Å². The lowest BCUT2D eigenvalue weighted by Crippen LogP contribution is -1.61. The maximum Gasteiger partial charge on any atom is 0.405 e. The third kappa shape index (κ3) is 0.357. The van der Waals surface area contributed by atoms with E-state index < -0.39 is 6.14 Å². The van der Waals surface area contributed by atoms with Crippen molar-refractivity contribution in [3.05, 3.63) is 12.5 Å². The summed E-state index contributed by atoms with van der Waals surface area (Å²) in [6.07, 6.45) is 0.939. The Morgan fingerprint density at radius 2 is 2.67 bits per heavy atom. The Morgan fingerprint density at radius 3 is 2.83 bits per heavy atom. The summed E-state index contributed by atoms with van der Waals surface area (Å²) in [5, 5.41) is 2.84. The van der Waals surface area contributed by atoms with Crippen molar-refractivity contribution < 1.29 is 8.91 Å². The Bertz CT molecular complexity index is 115. The first-order chi connectivity index (χ1) is 2.89. The Kier molecular flexibility index (Phi) is 0.567. The fourth-order valence-corrected chi connectivity index (χ4v) is 0.138. The summed E-state index contributed by atoms with van der Waals surface area (Å²) in [6, 6.07) is 0. The minimum atomic E-state index is -0.949. The fourth-order valence-electron chi connectivity index (χ4n) is 0.138. The fraction of sp³-hybridized carbons (Fsp3) is 0. The van der Waals surface area contributed by atoms with Crippen molar-refractivity contribution in [3.63, 3.8) is 0 Å². The molecule has 1 radical (unpaired) electrons. The van der Waals surface area contributed by atoms with Gasteiger partial charge >= 0.3 is 6.14 Å². The van der Waals surface area contributed by atoms with Crippen LogP contribution in [0.25, 0.3) is 0 Å². The van der Waals surface area contributed by atoms with Crippen LogP contribution in [0.2, 0.25) is 0 Å². The van der Waals surface area contributed by atoms with E-state index in [1.807, 2.05) is 6.33 Å². The lowest BCUT2D eigenvalue weighted by Gasteiger charge is -1.57. The predicted octanol–water partition coefficient (Wildman–Crippen LogP) is 0.00889. The maximum absolute atomic E-state index is 11.3. The highest BCUT2D eigenvalue weighted by Gasteiger charge is 1.87. The molecule has 0 aliphatic heterocycles. The Labute approximate surface area is 32.8 Å². The molecule has 1 aromatic rings. The van der Waals surface area contributed by atoms with E-state index in [1.165, 1.54) is 0 Å². The Hall–Kier alpha value is -0.930. The zero-order chi connectivity index (χ0) is 4.41. The Morgan fingerprint density at radius 1 is 1.83 bits per heavy atom. The van der Waals surface area contributed by atoms with Crippen LogP contribution < -0.4 is 0 Å². The van der Waals surface area contributed by atoms with Crippen LogP contribution in [0.4, 0.5) is 4.39 Å². The first kappa shape index (κ1) is 3.27. The second kappa shape index (κ2) is 1.04. The first-order valence-electron chi connectivity index (χ1n) is 1.25. The molecule has 0 saturated carbocycles. The number of hydrogen-bond acceptors (Lipinski definition) is 3. The highest BCUT2D eigenvalue weighted by atomic mass is 19.1. The molecule has 4 heteroatoms. The van der Waals surface area contributed by atoms with Crippen LogP contribution in [0.15, 0.2) is 4.52 Å². The summed E-state index contributed by atoms with van der Waals surface area (Å²) >= 11 is 0. The predicted molar refractivity (Wildman–Crippen MR) is 13.1 cm³/mol. The zero-order valence-electron chi connectivity index (χ0n) is 2.68. The average molecular weight is 87.0 g/mol. The van der Waals surface area contributed by atoms with E-state index in [0.717, 1.165) is 0 Å². The first-order valence-corrected chi connectivity index (χ1v) is 1.25. The molecule has 0 fully saturated rings. The van der Waals surface area contributed by atoms with Gasteiger partial charge < -0.3 is 4.52 Å². The van der Waals surface area contributed by atoms with Gasteiger partial charge in [-0.05, 0) is 0 Å². The monoisotopic (exact) mass is 87.0 g/mol. The van der Waals surface area contributed by atoms with Gasteiger partial charge in [0.2, 0.25) is 6.33 Å². The molecule has 0 atom stereocenters. The zero-order valence-corrected chi connectivity index (χ0v) is 2.68. The normalized spacial score (nSPS) is 8.83. The number of halogens is 1. The Balaban J connectivity index is 3.05. The van der Waals surface area contributed by atoms with Crippen molar-refractivity contribution in [1.29, 1.82) is 0 Å². The van der Waals surface area contributed by atoms with Gasteiger partial charge in [-0.3, -0.25) is 0 Å². The lowest BCUT2D eigenvalue weighted by molar-refractivity contribution is 0.268. The van der Waals surface area contributed by atoms with Gasteiger partial charge in [0.05, 0.1) is 0 Å². The number of aromatic nitrogens is 2. The van der Waals surface area contributed by atoms with Crippen LogP contribution in [-0.4, -0.2) is 10.1 Å². The number of rotatable bonds is 0. The molecule has 1 aromatic heterocycles. The van der Waals surface area contributed by atoms with Gasteiger partial charge in [0.15, 0.2) is 0 Å². The largest absolute Gasteiger partial charge is 0.405 e. The summed E-state index contributed by atoms with van der Waals surface area (Å²) < 4.78 is 15.0. The van der Waals surface area contributed by atoms with Gasteiger partial charge in [0.25, 0.3) is 0 Å². The molecule has 0 aliphatic rings. The SMILES string of the molecule is Fc1n[c]no1. The van der Waals surface area contributed by atoms with Crippen molar-refractivity contribution in [2.75, 3.05) is 0 Å². The molecule has 0 aromatic carbocycles. The van der Waals surface area contributed by atoms with Gasteiger partial charge in [-0.15, -0.1) is 4.39 Å². The van der Waals surface area contributed by atoms with Crippen molar-refractivity contribution in [2.24, 2.45) is 0 Å². The molecule has 1 heterocycles. The molecule has 0 bridgehead atoms. The van der Waals surface area contributed by atoms with Crippen LogP contribution in [-0.2, 0) is 0 Å². The summed E-state index contributed by atoms with van der Waals surface area (Å²) in [4.78, 5) is 2.85. The number of hydrogen-bond donors (Lipinski definition) is 0. The van der Waals surface area contributed by atoms with E-state index in [2.05, 4.69) is 14.7 Å². The molecule has 6 heavy (non-hydrogen) atoms. The quantitative estimate of drug-likeness (QED) is 0.447. The third-order valence-corrected chi connectivity index (χ3v) is 0.300. The summed E-state index contributed by atoms with van der Waals surface area (Å²) in [5.41, 5.74) is 0. The highest BCUT2D eigenvalue weighted by Crippen LogP contribution is 1.80. The molecule has 0 spiro atoms. The molecule has 3 nitrogen and oxygen atoms in total. The average Bonchev–Trinajstić information content (AvgIpc) is 1.86. The second-order valence-electron chi connectivity index (χ2n) is 0.647. The van der Waals surface area contributed by atoms with Crippen LogP contribution in [0.1, 0.15) is 0 Å². The van der Waals surface area contributed by atoms with Crippen molar-refractivity contribution in [2.45, 2.75) is 0 Å². The molecule has 0 aliphatic carbocycles. The van der Waals surface area contributed by atoms with Gasteiger partial charge in [0.1, 0.15) is 0 Å². The molecule has 0 N–H and O–H groups in total. The van der Waals surface area contributed by atoms with Crippen molar-refractivity contribution in [3.8, 4) is 0 Å². The molecular weight excluding hydrogens is 87.0 g/mol. The molecule has 0 amide bonds. The summed E-state index contributed by atoms with van der Waals surface area (Å²) in [7, 11) is 0. The molecule has 31 valence electrons. The third-order valence-electron chi connectivity index (χ3n) is 0.300. The van der Waals surface area contributed by atoms with Crippen LogP contribution in [0.3, 0.4) is 0 Å². The van der Waals surface area contributed by atoms with Crippen LogP contribution >= 0.6 is 0 Å². The van der Waals surface area contributed by atoms with Crippen LogP contribution in [0, 0.1) is 12.5 Å². The van der Waals surface area contributed by atoms with Gasteiger partial charge in [-0.2, -0.15) is 4.98 Å². The van der Waals surface area contributed by atoms with E-state index >= 15 is 0 Å². The maximum atomic E-state index is 11.3. The molecule has 0 saturated heterocycles. The van der Waals surface area contributed by atoms with Crippen molar-refractivity contribution in [1.82, 2.24) is 10.1 Å². The lowest BCUT2D eigenvalue weighted by atomic mass is 11.3. The summed E-state index contributed by atoms with van der Waals surface area (Å²) in [6.45, 7) is 0. The van der Waals surface area contributed by atoms with E-state index in [0.29, 0.717) is 0 Å². The minimum absolute atomic E-state index is 0.949. The molecular formula is C2FN2O.